The lowest BCUT2D eigenvalue weighted by Crippen LogP contribution is -2.48. The standard InChI is InChI=1S/C19H23N3O.2ClH/c20-18-13-5-3-6-14(18)9-15(8-13)19(23)22-16-10-12-4-1-2-7-17(12)21-11-16;;/h1-2,4,7,10-11,13-15,18H,3,5-6,8-9,20H2,(H,22,23);2*1H. The largest absolute Gasteiger partial charge is 0.327 e. The first-order chi connectivity index (χ1) is 11.2. The predicted molar refractivity (Wildman–Crippen MR) is 106 cm³/mol. The molecule has 0 spiro atoms. The number of anilines is 1. The molecule has 4 rings (SSSR count). The highest BCUT2D eigenvalue weighted by Gasteiger charge is 2.40. The highest BCUT2D eigenvalue weighted by Crippen LogP contribution is 2.42. The summed E-state index contributed by atoms with van der Waals surface area (Å²) in [6.45, 7) is 0. The van der Waals surface area contributed by atoms with E-state index in [0.717, 1.165) is 29.4 Å². The number of para-hydroxylation sites is 1. The fraction of sp³-hybridized carbons (Fsp3) is 0.474. The van der Waals surface area contributed by atoms with Gasteiger partial charge in [-0.15, -0.1) is 24.8 Å². The fourth-order valence-corrected chi connectivity index (χ4v) is 4.39. The van der Waals surface area contributed by atoms with E-state index in [0.29, 0.717) is 17.9 Å². The van der Waals surface area contributed by atoms with Gasteiger partial charge in [-0.25, -0.2) is 0 Å². The Hall–Kier alpha value is -1.36. The monoisotopic (exact) mass is 381 g/mol. The maximum absolute atomic E-state index is 12.7. The van der Waals surface area contributed by atoms with E-state index in [9.17, 15) is 4.79 Å². The highest BCUT2D eigenvalue weighted by atomic mass is 35.5. The highest BCUT2D eigenvalue weighted by molar-refractivity contribution is 5.94. The first-order valence-electron chi connectivity index (χ1n) is 8.62. The number of rotatable bonds is 2. The van der Waals surface area contributed by atoms with Crippen LogP contribution in [-0.2, 0) is 4.79 Å². The molecule has 2 unspecified atom stereocenters. The summed E-state index contributed by atoms with van der Waals surface area (Å²) < 4.78 is 0. The number of aromatic nitrogens is 1. The van der Waals surface area contributed by atoms with E-state index in [-0.39, 0.29) is 36.6 Å². The molecule has 1 aromatic heterocycles. The number of benzene rings is 1. The van der Waals surface area contributed by atoms with Crippen LogP contribution in [0.15, 0.2) is 36.5 Å². The van der Waals surface area contributed by atoms with Gasteiger partial charge in [0.2, 0.25) is 5.91 Å². The summed E-state index contributed by atoms with van der Waals surface area (Å²) in [5, 5.41) is 4.11. The number of halogens is 2. The van der Waals surface area contributed by atoms with Crippen LogP contribution >= 0.6 is 24.8 Å². The van der Waals surface area contributed by atoms with Gasteiger partial charge in [0.25, 0.3) is 0 Å². The van der Waals surface area contributed by atoms with E-state index in [1.165, 1.54) is 19.3 Å². The Kier molecular flexibility index (Phi) is 6.66. The van der Waals surface area contributed by atoms with E-state index in [2.05, 4.69) is 10.3 Å². The average Bonchev–Trinajstić information content (AvgIpc) is 2.54. The van der Waals surface area contributed by atoms with Gasteiger partial charge in [0.15, 0.2) is 0 Å². The molecule has 2 bridgehead atoms. The summed E-state index contributed by atoms with van der Waals surface area (Å²) >= 11 is 0. The second-order valence-electron chi connectivity index (χ2n) is 7.10. The van der Waals surface area contributed by atoms with Gasteiger partial charge in [0.1, 0.15) is 0 Å². The molecule has 4 nitrogen and oxygen atoms in total. The smallest absolute Gasteiger partial charge is 0.227 e. The molecular formula is C19H25Cl2N3O. The molecule has 0 radical (unpaired) electrons. The van der Waals surface area contributed by atoms with Gasteiger partial charge in [0, 0.05) is 17.3 Å². The van der Waals surface area contributed by atoms with Crippen molar-refractivity contribution in [1.82, 2.24) is 4.98 Å². The second-order valence-corrected chi connectivity index (χ2v) is 7.10. The van der Waals surface area contributed by atoms with Crippen molar-refractivity contribution < 1.29 is 4.79 Å². The minimum Gasteiger partial charge on any atom is -0.327 e. The maximum Gasteiger partial charge on any atom is 0.227 e. The summed E-state index contributed by atoms with van der Waals surface area (Å²) in [5.41, 5.74) is 8.05. The van der Waals surface area contributed by atoms with E-state index >= 15 is 0 Å². The third-order valence-electron chi connectivity index (χ3n) is 5.64. The zero-order valence-corrected chi connectivity index (χ0v) is 15.7. The molecule has 3 N–H and O–H groups in total. The summed E-state index contributed by atoms with van der Waals surface area (Å²) in [4.78, 5) is 17.1. The lowest BCUT2D eigenvalue weighted by atomic mass is 9.65. The Labute approximate surface area is 160 Å². The van der Waals surface area contributed by atoms with Gasteiger partial charge in [-0.3, -0.25) is 9.78 Å². The molecule has 2 fully saturated rings. The van der Waals surface area contributed by atoms with Crippen LogP contribution in [0.3, 0.4) is 0 Å². The van der Waals surface area contributed by atoms with Crippen molar-refractivity contribution in [3.05, 3.63) is 36.5 Å². The zero-order chi connectivity index (χ0) is 15.8. The number of nitrogens with one attached hydrogen (secondary N) is 1. The van der Waals surface area contributed by atoms with Gasteiger partial charge in [-0.05, 0) is 49.7 Å². The van der Waals surface area contributed by atoms with Gasteiger partial charge in [-0.2, -0.15) is 0 Å². The Morgan fingerprint density at radius 3 is 2.52 bits per heavy atom. The van der Waals surface area contributed by atoms with Crippen LogP contribution in [0.25, 0.3) is 10.9 Å². The molecule has 2 aromatic rings. The number of carbonyl (C=O) groups excluding carboxylic acids is 1. The van der Waals surface area contributed by atoms with Crippen molar-refractivity contribution in [3.63, 3.8) is 0 Å². The fourth-order valence-electron chi connectivity index (χ4n) is 4.39. The van der Waals surface area contributed by atoms with Gasteiger partial charge in [0.05, 0.1) is 17.4 Å². The minimum absolute atomic E-state index is 0. The SMILES string of the molecule is Cl.Cl.NC1C2CCCC1CC(C(=O)Nc1cnc3ccccc3c1)C2. The van der Waals surface area contributed by atoms with E-state index in [1.54, 1.807) is 6.20 Å². The molecule has 2 atom stereocenters. The van der Waals surface area contributed by atoms with Gasteiger partial charge in [-0.1, -0.05) is 24.6 Å². The molecule has 0 aliphatic heterocycles. The van der Waals surface area contributed by atoms with Crippen LogP contribution in [0.4, 0.5) is 5.69 Å². The molecule has 2 saturated carbocycles. The van der Waals surface area contributed by atoms with Gasteiger partial charge >= 0.3 is 0 Å². The van der Waals surface area contributed by atoms with Crippen LogP contribution in [0, 0.1) is 17.8 Å². The third kappa shape index (κ3) is 4.08. The number of amides is 1. The zero-order valence-electron chi connectivity index (χ0n) is 14.1. The van der Waals surface area contributed by atoms with Crippen LogP contribution in [-0.4, -0.2) is 16.9 Å². The Morgan fingerprint density at radius 1 is 1.12 bits per heavy atom. The van der Waals surface area contributed by atoms with E-state index in [4.69, 9.17) is 5.73 Å². The quantitative estimate of drug-likeness (QED) is 0.819. The summed E-state index contributed by atoms with van der Waals surface area (Å²) in [6.07, 6.45) is 7.24. The number of hydrogen-bond donors (Lipinski definition) is 2. The van der Waals surface area contributed by atoms with Crippen molar-refractivity contribution in [2.75, 3.05) is 5.32 Å². The lowest BCUT2D eigenvalue weighted by molar-refractivity contribution is -0.122. The molecular weight excluding hydrogens is 357 g/mol. The molecule has 25 heavy (non-hydrogen) atoms. The Morgan fingerprint density at radius 2 is 1.80 bits per heavy atom. The Bertz CT molecular complexity index is 725. The molecule has 1 heterocycles. The minimum atomic E-state index is 0. The third-order valence-corrected chi connectivity index (χ3v) is 5.64. The van der Waals surface area contributed by atoms with Crippen molar-refractivity contribution >= 4 is 47.3 Å². The number of nitrogens with zero attached hydrogens (tertiary/aromatic N) is 1. The van der Waals surface area contributed by atoms with Crippen LogP contribution < -0.4 is 11.1 Å². The average molecular weight is 382 g/mol. The van der Waals surface area contributed by atoms with E-state index in [1.807, 2.05) is 30.3 Å². The molecule has 6 heteroatoms. The molecule has 2 aliphatic rings. The molecule has 136 valence electrons. The molecule has 0 saturated heterocycles. The number of pyridine rings is 1. The van der Waals surface area contributed by atoms with E-state index < -0.39 is 0 Å². The number of nitrogens with two attached hydrogens (primary N) is 1. The Balaban J connectivity index is 0.00000113. The molecule has 2 aliphatic carbocycles. The normalized spacial score (nSPS) is 27.7. The number of carbonyl (C=O) groups is 1. The lowest BCUT2D eigenvalue weighted by Gasteiger charge is -2.43. The topological polar surface area (TPSA) is 68.0 Å². The maximum atomic E-state index is 12.7. The summed E-state index contributed by atoms with van der Waals surface area (Å²) in [7, 11) is 0. The van der Waals surface area contributed by atoms with Crippen molar-refractivity contribution in [2.45, 2.75) is 38.1 Å². The molecule has 1 amide bonds. The predicted octanol–water partition coefficient (Wildman–Crippen LogP) is 4.17. The molecule has 1 aromatic carbocycles. The van der Waals surface area contributed by atoms with Crippen LogP contribution in [0.1, 0.15) is 32.1 Å². The van der Waals surface area contributed by atoms with Crippen LogP contribution in [0.5, 0.6) is 0 Å². The van der Waals surface area contributed by atoms with Crippen molar-refractivity contribution in [2.24, 2.45) is 23.5 Å². The second kappa shape index (κ2) is 8.35. The summed E-state index contributed by atoms with van der Waals surface area (Å²) in [6, 6.07) is 10.2. The first-order valence-corrected chi connectivity index (χ1v) is 8.62. The number of fused-ring (bicyclic) bond motifs is 3. The summed E-state index contributed by atoms with van der Waals surface area (Å²) in [5.74, 6) is 1.27. The van der Waals surface area contributed by atoms with Crippen LogP contribution in [0.2, 0.25) is 0 Å². The number of hydrogen-bond acceptors (Lipinski definition) is 3. The van der Waals surface area contributed by atoms with Gasteiger partial charge < -0.3 is 11.1 Å². The first kappa shape index (κ1) is 20.0. The van der Waals surface area contributed by atoms with Crippen molar-refractivity contribution in [3.8, 4) is 0 Å². The van der Waals surface area contributed by atoms with Crippen molar-refractivity contribution in [1.29, 1.82) is 0 Å².